The highest BCUT2D eigenvalue weighted by Crippen LogP contribution is 2.38. The second-order valence-corrected chi connectivity index (χ2v) is 12.9. The highest BCUT2D eigenvalue weighted by molar-refractivity contribution is 7.85. The van der Waals surface area contributed by atoms with Crippen LogP contribution in [0.4, 0.5) is 0 Å². The van der Waals surface area contributed by atoms with Gasteiger partial charge in [-0.1, -0.05) is 0 Å². The Kier molecular flexibility index (Phi) is 6.52. The number of rotatable bonds is 7. The first-order chi connectivity index (χ1) is 13.5. The van der Waals surface area contributed by atoms with Gasteiger partial charge in [0.15, 0.2) is 0 Å². The summed E-state index contributed by atoms with van der Waals surface area (Å²) < 4.78 is 32.1. The summed E-state index contributed by atoms with van der Waals surface area (Å²) >= 11 is 0. The van der Waals surface area contributed by atoms with E-state index in [-0.39, 0.29) is 24.7 Å². The van der Waals surface area contributed by atoms with Crippen molar-refractivity contribution < 1.29 is 30.8 Å². The van der Waals surface area contributed by atoms with Crippen LogP contribution in [0.3, 0.4) is 0 Å². The van der Waals surface area contributed by atoms with Crippen molar-refractivity contribution in [2.45, 2.75) is 37.1 Å². The number of likely N-dealkylation sites (tertiary alicyclic amines) is 1. The van der Waals surface area contributed by atoms with E-state index in [1.54, 1.807) is 27.2 Å². The minimum atomic E-state index is -3.64. The van der Waals surface area contributed by atoms with Crippen molar-refractivity contribution in [2.24, 2.45) is 0 Å². The Morgan fingerprint density at radius 1 is 1.20 bits per heavy atom. The Bertz CT molecular complexity index is 921. The second-order valence-electron chi connectivity index (χ2n) is 10.4. The van der Waals surface area contributed by atoms with Gasteiger partial charge in [0.1, 0.15) is 28.3 Å². The molecule has 1 fully saturated rings. The minimum Gasteiger partial charge on any atom is -0.496 e. The quantitative estimate of drug-likeness (QED) is 0.608. The molecule has 1 amide bonds. The van der Waals surface area contributed by atoms with E-state index in [1.165, 1.54) is 19.2 Å². The van der Waals surface area contributed by atoms with Gasteiger partial charge < -0.3 is 9.22 Å². The SMILES string of the molecule is CC[N+]1(C)CCCC1(C)C[N+](C)(C)C(=O)c1cc(S(=O)(=O)[N+](C)(C)C)ccc1OC. The molecule has 2 rings (SSSR count). The van der Waals surface area contributed by atoms with Gasteiger partial charge in [-0.25, -0.2) is 8.68 Å². The largest absolute Gasteiger partial charge is 0.496 e. The van der Waals surface area contributed by atoms with Crippen molar-refractivity contribution in [1.29, 1.82) is 0 Å². The molecular formula is C22H40N3O4S+3. The van der Waals surface area contributed by atoms with Crippen LogP contribution in [0.15, 0.2) is 23.1 Å². The number of sulfonamides is 1. The van der Waals surface area contributed by atoms with Crippen LogP contribution in [-0.4, -0.2) is 102 Å². The number of carbonyl (C=O) groups is 1. The molecule has 0 spiro atoms. The van der Waals surface area contributed by atoms with Crippen LogP contribution in [0.2, 0.25) is 0 Å². The summed E-state index contributed by atoms with van der Waals surface area (Å²) in [5.41, 5.74) is 0.289. The summed E-state index contributed by atoms with van der Waals surface area (Å²) in [7, 11) is 8.76. The van der Waals surface area contributed by atoms with Crippen LogP contribution < -0.4 is 4.74 Å². The Labute approximate surface area is 182 Å². The molecule has 0 aliphatic carbocycles. The second kappa shape index (κ2) is 7.89. The van der Waals surface area contributed by atoms with Gasteiger partial charge in [0, 0.05) is 12.8 Å². The molecule has 1 aliphatic heterocycles. The smallest absolute Gasteiger partial charge is 0.349 e. The van der Waals surface area contributed by atoms with E-state index >= 15 is 0 Å². The molecule has 2 unspecified atom stereocenters. The molecule has 7 nitrogen and oxygen atoms in total. The molecular weight excluding hydrogens is 402 g/mol. The number of hydrogen-bond acceptors (Lipinski definition) is 4. The zero-order valence-corrected chi connectivity index (χ0v) is 21.0. The Morgan fingerprint density at radius 2 is 1.80 bits per heavy atom. The van der Waals surface area contributed by atoms with Crippen LogP contribution in [0.5, 0.6) is 5.75 Å². The van der Waals surface area contributed by atoms with Gasteiger partial charge in [0.05, 0.1) is 62.5 Å². The average Bonchev–Trinajstić information content (AvgIpc) is 2.93. The van der Waals surface area contributed by atoms with Crippen LogP contribution in [-0.2, 0) is 10.0 Å². The molecule has 0 aromatic heterocycles. The standard InChI is InChI=1S/C22H40N3O4S/c1-10-25(8)15-11-14-22(25,2)17-24(6,7)21(26)19-16-18(12-13-20(19)29-9)30(27,28)23(3,4)5/h12-13,16H,10-11,14-15,17H2,1-9H3/q+3. The number of quaternary nitrogens is 3. The maximum absolute atomic E-state index is 13.7. The fraction of sp³-hybridized carbons (Fsp3) is 0.682. The van der Waals surface area contributed by atoms with Crippen molar-refractivity contribution in [3.05, 3.63) is 23.8 Å². The van der Waals surface area contributed by atoms with Crippen molar-refractivity contribution in [1.82, 2.24) is 0 Å². The lowest BCUT2D eigenvalue weighted by molar-refractivity contribution is -0.968. The van der Waals surface area contributed by atoms with E-state index in [9.17, 15) is 13.2 Å². The molecule has 1 saturated heterocycles. The Balaban J connectivity index is 2.50. The highest BCUT2D eigenvalue weighted by Gasteiger charge is 2.53. The lowest BCUT2D eigenvalue weighted by atomic mass is 9.94. The molecule has 0 radical (unpaired) electrons. The van der Waals surface area contributed by atoms with E-state index in [0.717, 1.165) is 30.4 Å². The molecule has 30 heavy (non-hydrogen) atoms. The fourth-order valence-electron chi connectivity index (χ4n) is 4.72. The predicted molar refractivity (Wildman–Crippen MR) is 119 cm³/mol. The van der Waals surface area contributed by atoms with E-state index in [1.807, 2.05) is 14.1 Å². The fourth-order valence-corrected chi connectivity index (χ4v) is 5.86. The summed E-state index contributed by atoms with van der Waals surface area (Å²) in [4.78, 5) is 13.8. The van der Waals surface area contributed by atoms with Gasteiger partial charge in [-0.3, -0.25) is 4.48 Å². The molecule has 1 aliphatic rings. The average molecular weight is 443 g/mol. The van der Waals surface area contributed by atoms with Crippen molar-refractivity contribution in [2.75, 3.05) is 69.0 Å². The Hall–Kier alpha value is -1.48. The number of methoxy groups -OCH3 is 1. The van der Waals surface area contributed by atoms with Crippen molar-refractivity contribution in [3.63, 3.8) is 0 Å². The number of benzene rings is 1. The number of likely N-dealkylation sites (N-methyl/N-ethyl adjacent to an activating group) is 2. The van der Waals surface area contributed by atoms with E-state index in [2.05, 4.69) is 20.9 Å². The third-order valence-corrected chi connectivity index (χ3v) is 9.37. The maximum atomic E-state index is 13.7. The third-order valence-electron chi connectivity index (χ3n) is 7.07. The highest BCUT2D eigenvalue weighted by atomic mass is 32.2. The van der Waals surface area contributed by atoms with E-state index in [4.69, 9.17) is 4.74 Å². The normalized spacial score (nSPS) is 25.4. The monoisotopic (exact) mass is 442 g/mol. The number of nitrogens with zero attached hydrogens (tertiary/aromatic N) is 3. The lowest BCUT2D eigenvalue weighted by Crippen LogP contribution is -2.65. The summed E-state index contributed by atoms with van der Waals surface area (Å²) in [6.45, 7) is 7.28. The molecule has 2 atom stereocenters. The van der Waals surface area contributed by atoms with Gasteiger partial charge >= 0.3 is 15.9 Å². The number of ether oxygens (including phenoxy) is 1. The molecule has 170 valence electrons. The summed E-state index contributed by atoms with van der Waals surface area (Å²) in [6, 6.07) is 4.57. The molecule has 8 heteroatoms. The first-order valence-electron chi connectivity index (χ1n) is 10.5. The summed E-state index contributed by atoms with van der Waals surface area (Å²) in [5, 5.41) is 0. The molecule has 0 N–H and O–H groups in total. The number of carbonyl (C=O) groups excluding carboxylic acids is 1. The van der Waals surface area contributed by atoms with Crippen LogP contribution in [0.1, 0.15) is 37.0 Å². The topological polar surface area (TPSA) is 60.4 Å². The van der Waals surface area contributed by atoms with Gasteiger partial charge in [-0.2, -0.15) is 8.42 Å². The third kappa shape index (κ3) is 4.15. The molecule has 0 bridgehead atoms. The lowest BCUT2D eigenvalue weighted by Gasteiger charge is -2.46. The van der Waals surface area contributed by atoms with Gasteiger partial charge in [-0.15, -0.1) is 0 Å². The summed E-state index contributed by atoms with van der Waals surface area (Å²) in [6.07, 6.45) is 2.22. The van der Waals surface area contributed by atoms with Crippen LogP contribution in [0.25, 0.3) is 0 Å². The molecule has 1 heterocycles. The van der Waals surface area contributed by atoms with E-state index in [0.29, 0.717) is 17.9 Å². The number of amides is 1. The zero-order valence-electron chi connectivity index (χ0n) is 20.2. The number of hydrogen-bond donors (Lipinski definition) is 0. The Morgan fingerprint density at radius 3 is 2.30 bits per heavy atom. The summed E-state index contributed by atoms with van der Waals surface area (Å²) in [5.74, 6) is 0.261. The van der Waals surface area contributed by atoms with Gasteiger partial charge in [0.2, 0.25) is 0 Å². The first-order valence-corrected chi connectivity index (χ1v) is 12.0. The van der Waals surface area contributed by atoms with Crippen LogP contribution in [0, 0.1) is 0 Å². The minimum absolute atomic E-state index is 0.0207. The predicted octanol–water partition coefficient (Wildman–Crippen LogP) is 2.33. The van der Waals surface area contributed by atoms with Crippen molar-refractivity contribution >= 4 is 15.9 Å². The van der Waals surface area contributed by atoms with Crippen molar-refractivity contribution in [3.8, 4) is 5.75 Å². The maximum Gasteiger partial charge on any atom is 0.349 e. The zero-order chi connectivity index (χ0) is 23.2. The van der Waals surface area contributed by atoms with Gasteiger partial charge in [0.25, 0.3) is 0 Å². The molecule has 1 aromatic rings. The van der Waals surface area contributed by atoms with Crippen LogP contribution >= 0.6 is 0 Å². The van der Waals surface area contributed by atoms with E-state index < -0.39 is 10.0 Å². The molecule has 1 aromatic carbocycles. The molecule has 0 saturated carbocycles. The van der Waals surface area contributed by atoms with Gasteiger partial charge in [-0.05, 0) is 32.0 Å². The first kappa shape index (κ1) is 24.8.